The van der Waals surface area contributed by atoms with Gasteiger partial charge in [-0.3, -0.25) is 4.79 Å². The molecule has 52 valence electrons. The van der Waals surface area contributed by atoms with Crippen molar-refractivity contribution in [3.63, 3.8) is 0 Å². The quantitative estimate of drug-likeness (QED) is 0.456. The van der Waals surface area contributed by atoms with Gasteiger partial charge in [-0.2, -0.15) is 0 Å². The van der Waals surface area contributed by atoms with Gasteiger partial charge in [0.1, 0.15) is 0 Å². The van der Waals surface area contributed by atoms with Crippen LogP contribution in [-0.2, 0) is 9.53 Å². The third-order valence-electron chi connectivity index (χ3n) is 0.932. The topological polar surface area (TPSA) is 50.2 Å². The van der Waals surface area contributed by atoms with E-state index in [0.717, 1.165) is 0 Å². The van der Waals surface area contributed by atoms with Gasteiger partial charge in [0.15, 0.2) is 0 Å². The molecule has 0 heterocycles. The summed E-state index contributed by atoms with van der Waals surface area (Å²) >= 11 is 0. The minimum absolute atomic E-state index is 0.249. The zero-order chi connectivity index (χ0) is 7.28. The highest BCUT2D eigenvalue weighted by atomic mass is 16.5. The Kier molecular flexibility index (Phi) is 3.67. The highest BCUT2D eigenvalue weighted by Gasteiger charge is 1.98. The van der Waals surface area contributed by atoms with Crippen molar-refractivity contribution in [1.29, 1.82) is 5.41 Å². The molecule has 0 aliphatic heterocycles. The Morgan fingerprint density at radius 3 is 2.44 bits per heavy atom. The van der Waals surface area contributed by atoms with E-state index in [4.69, 9.17) is 5.41 Å². The van der Waals surface area contributed by atoms with Crippen LogP contribution in [0.3, 0.4) is 0 Å². The maximum Gasteiger partial charge on any atom is 0.305 e. The molecule has 0 fully saturated rings. The van der Waals surface area contributed by atoms with Gasteiger partial charge in [0.2, 0.25) is 0 Å². The van der Waals surface area contributed by atoms with Crippen molar-refractivity contribution in [1.82, 2.24) is 0 Å². The first-order valence-corrected chi connectivity index (χ1v) is 2.77. The Bertz CT molecular complexity index is 120. The third-order valence-corrected chi connectivity index (χ3v) is 0.932. The summed E-state index contributed by atoms with van der Waals surface area (Å²) in [7, 11) is 1.35. The first-order valence-electron chi connectivity index (χ1n) is 2.77. The molecule has 0 saturated carbocycles. The number of ether oxygens (including phenoxy) is 1. The zero-order valence-electron chi connectivity index (χ0n) is 5.73. The third kappa shape index (κ3) is 5.00. The number of carbonyl (C=O) groups is 1. The molecule has 0 saturated heterocycles. The average Bonchev–Trinajstić information content (AvgIpc) is 1.83. The van der Waals surface area contributed by atoms with E-state index in [-0.39, 0.29) is 5.97 Å². The Morgan fingerprint density at radius 1 is 1.56 bits per heavy atom. The van der Waals surface area contributed by atoms with Gasteiger partial charge in [0.25, 0.3) is 0 Å². The molecular weight excluding hydrogens is 118 g/mol. The van der Waals surface area contributed by atoms with Crippen LogP contribution in [0.5, 0.6) is 0 Å². The molecule has 0 aromatic rings. The van der Waals surface area contributed by atoms with Crippen LogP contribution in [0, 0.1) is 5.41 Å². The van der Waals surface area contributed by atoms with Crippen molar-refractivity contribution >= 4 is 11.7 Å². The van der Waals surface area contributed by atoms with Crippen LogP contribution in [0.2, 0.25) is 0 Å². The Hall–Kier alpha value is -0.860. The monoisotopic (exact) mass is 129 g/mol. The average molecular weight is 129 g/mol. The highest BCUT2D eigenvalue weighted by molar-refractivity contribution is 5.82. The summed E-state index contributed by atoms with van der Waals surface area (Å²) in [4.78, 5) is 10.4. The van der Waals surface area contributed by atoms with Crippen molar-refractivity contribution in [2.75, 3.05) is 7.11 Å². The fourth-order valence-corrected chi connectivity index (χ4v) is 0.392. The molecule has 0 spiro atoms. The minimum Gasteiger partial charge on any atom is -0.469 e. The maximum absolute atomic E-state index is 10.4. The molecule has 1 N–H and O–H groups in total. The predicted octanol–water partition coefficient (Wildman–Crippen LogP) is 0.979. The molecule has 3 heteroatoms. The lowest BCUT2D eigenvalue weighted by molar-refractivity contribution is -0.140. The number of nitrogens with one attached hydrogen (secondary N) is 1. The Balaban J connectivity index is 3.28. The van der Waals surface area contributed by atoms with Gasteiger partial charge in [-0.05, 0) is 13.3 Å². The van der Waals surface area contributed by atoms with E-state index in [1.807, 2.05) is 0 Å². The smallest absolute Gasteiger partial charge is 0.305 e. The van der Waals surface area contributed by atoms with E-state index >= 15 is 0 Å². The SMILES string of the molecule is COC(=O)CCC(C)=N. The largest absolute Gasteiger partial charge is 0.469 e. The van der Waals surface area contributed by atoms with Crippen molar-refractivity contribution < 1.29 is 9.53 Å². The Morgan fingerprint density at radius 2 is 2.11 bits per heavy atom. The second-order valence-corrected chi connectivity index (χ2v) is 1.86. The molecule has 0 atom stereocenters. The summed E-state index contributed by atoms with van der Waals surface area (Å²) < 4.78 is 4.36. The van der Waals surface area contributed by atoms with E-state index in [1.54, 1.807) is 6.92 Å². The molecule has 0 aliphatic carbocycles. The van der Waals surface area contributed by atoms with Gasteiger partial charge in [-0.1, -0.05) is 0 Å². The first-order chi connectivity index (χ1) is 4.16. The van der Waals surface area contributed by atoms with Crippen LogP contribution in [0.4, 0.5) is 0 Å². The number of rotatable bonds is 3. The van der Waals surface area contributed by atoms with E-state index in [1.165, 1.54) is 7.11 Å². The summed E-state index contributed by atoms with van der Waals surface area (Å²) in [6.45, 7) is 1.67. The molecule has 0 unspecified atom stereocenters. The number of esters is 1. The summed E-state index contributed by atoms with van der Waals surface area (Å²) in [5.41, 5.74) is 0.514. The predicted molar refractivity (Wildman–Crippen MR) is 34.7 cm³/mol. The fraction of sp³-hybridized carbons (Fsp3) is 0.667. The zero-order valence-corrected chi connectivity index (χ0v) is 5.73. The van der Waals surface area contributed by atoms with Crippen LogP contribution in [0.15, 0.2) is 0 Å². The van der Waals surface area contributed by atoms with E-state index in [9.17, 15) is 4.79 Å². The molecule has 0 bridgehead atoms. The van der Waals surface area contributed by atoms with Gasteiger partial charge in [-0.15, -0.1) is 0 Å². The lowest BCUT2D eigenvalue weighted by Gasteiger charge is -1.95. The fourth-order valence-electron chi connectivity index (χ4n) is 0.392. The second-order valence-electron chi connectivity index (χ2n) is 1.86. The molecule has 0 aromatic heterocycles. The Labute approximate surface area is 54.5 Å². The van der Waals surface area contributed by atoms with Gasteiger partial charge in [-0.25, -0.2) is 0 Å². The van der Waals surface area contributed by atoms with Crippen LogP contribution in [-0.4, -0.2) is 18.8 Å². The van der Waals surface area contributed by atoms with Crippen LogP contribution >= 0.6 is 0 Å². The maximum atomic E-state index is 10.4. The summed E-state index contributed by atoms with van der Waals surface area (Å²) in [6, 6.07) is 0. The van der Waals surface area contributed by atoms with Crippen molar-refractivity contribution in [2.45, 2.75) is 19.8 Å². The molecule has 0 aromatic carbocycles. The van der Waals surface area contributed by atoms with Crippen LogP contribution in [0.1, 0.15) is 19.8 Å². The number of methoxy groups -OCH3 is 1. The standard InChI is InChI=1S/C6H11NO2/c1-5(7)3-4-6(8)9-2/h7H,3-4H2,1-2H3. The van der Waals surface area contributed by atoms with Gasteiger partial charge in [0, 0.05) is 5.71 Å². The molecule has 0 amide bonds. The van der Waals surface area contributed by atoms with Crippen molar-refractivity contribution in [2.24, 2.45) is 0 Å². The summed E-state index contributed by atoms with van der Waals surface area (Å²) in [6.07, 6.45) is 0.832. The molecule has 0 rings (SSSR count). The minimum atomic E-state index is -0.249. The molecular formula is C6H11NO2. The van der Waals surface area contributed by atoms with Crippen LogP contribution in [0.25, 0.3) is 0 Å². The van der Waals surface area contributed by atoms with E-state index < -0.39 is 0 Å². The van der Waals surface area contributed by atoms with E-state index in [2.05, 4.69) is 4.74 Å². The van der Waals surface area contributed by atoms with Gasteiger partial charge >= 0.3 is 5.97 Å². The molecule has 0 aliphatic rings. The number of hydrogen-bond donors (Lipinski definition) is 1. The second kappa shape index (κ2) is 4.06. The molecule has 3 nitrogen and oxygen atoms in total. The van der Waals surface area contributed by atoms with E-state index in [0.29, 0.717) is 18.6 Å². The number of hydrogen-bond acceptors (Lipinski definition) is 3. The highest BCUT2D eigenvalue weighted by Crippen LogP contribution is 1.91. The lowest BCUT2D eigenvalue weighted by Crippen LogP contribution is -2.02. The first kappa shape index (κ1) is 8.14. The lowest BCUT2D eigenvalue weighted by atomic mass is 10.2. The normalized spacial score (nSPS) is 8.67. The van der Waals surface area contributed by atoms with Crippen molar-refractivity contribution in [3.05, 3.63) is 0 Å². The van der Waals surface area contributed by atoms with Crippen LogP contribution < -0.4 is 0 Å². The number of carbonyl (C=O) groups excluding carboxylic acids is 1. The summed E-state index contributed by atoms with van der Waals surface area (Å²) in [5, 5.41) is 6.95. The van der Waals surface area contributed by atoms with Gasteiger partial charge < -0.3 is 10.1 Å². The molecule has 0 radical (unpaired) electrons. The molecule has 9 heavy (non-hydrogen) atoms. The van der Waals surface area contributed by atoms with Crippen molar-refractivity contribution in [3.8, 4) is 0 Å². The summed E-state index contributed by atoms with van der Waals surface area (Å²) in [5.74, 6) is -0.249. The van der Waals surface area contributed by atoms with Gasteiger partial charge in [0.05, 0.1) is 13.5 Å².